The zero-order valence-electron chi connectivity index (χ0n) is 23.0. The number of anilines is 1. The number of carboxylic acids is 1. The van der Waals surface area contributed by atoms with Gasteiger partial charge in [0.15, 0.2) is 0 Å². The van der Waals surface area contributed by atoms with Gasteiger partial charge in [-0.15, -0.1) is 0 Å². The summed E-state index contributed by atoms with van der Waals surface area (Å²) in [5.41, 5.74) is 3.76. The summed E-state index contributed by atoms with van der Waals surface area (Å²) < 4.78 is 17.4. The summed E-state index contributed by atoms with van der Waals surface area (Å²) >= 11 is 3.82. The summed E-state index contributed by atoms with van der Waals surface area (Å²) in [4.78, 5) is 12.1. The Hall–Kier alpha value is -4.75. The molecule has 6 aromatic rings. The molecule has 1 fully saturated rings. The van der Waals surface area contributed by atoms with Gasteiger partial charge in [0, 0.05) is 10.9 Å². The number of benzene rings is 5. The molecule has 43 heavy (non-hydrogen) atoms. The monoisotopic (exact) mass is 631 g/mol. The second-order valence-corrected chi connectivity index (χ2v) is 11.7. The largest absolute Gasteiger partial charge is 0.480 e. The first-order valence-electron chi connectivity index (χ1n) is 14.1. The summed E-state index contributed by atoms with van der Waals surface area (Å²) in [7, 11) is 0. The number of fused-ring (bicyclic) bond motifs is 1. The van der Waals surface area contributed by atoms with Crippen LogP contribution in [0.1, 0.15) is 29.5 Å². The van der Waals surface area contributed by atoms with Crippen LogP contribution in [0.25, 0.3) is 22.2 Å². The lowest BCUT2D eigenvalue weighted by Gasteiger charge is -2.37. The maximum Gasteiger partial charge on any atom is 0.329 e. The van der Waals surface area contributed by atoms with Gasteiger partial charge in [0.2, 0.25) is 0 Å². The highest BCUT2D eigenvalue weighted by atomic mass is 79.9. The van der Waals surface area contributed by atoms with Gasteiger partial charge in [0.05, 0.1) is 15.7 Å². The molecule has 2 N–H and O–H groups in total. The van der Waals surface area contributed by atoms with E-state index in [0.717, 1.165) is 27.6 Å². The molecule has 1 saturated carbocycles. The number of halogens is 2. The Labute approximate surface area is 256 Å². The molecule has 1 heterocycles. The number of aliphatic carboxylic acids is 1. The molecule has 1 aliphatic rings. The minimum Gasteiger partial charge on any atom is -0.480 e. The molecule has 1 aliphatic carbocycles. The first-order valence-corrected chi connectivity index (χ1v) is 14.9. The molecule has 7 rings (SSSR count). The van der Waals surface area contributed by atoms with Crippen LogP contribution in [0.4, 0.5) is 10.1 Å². The van der Waals surface area contributed by atoms with Crippen molar-refractivity contribution in [3.05, 3.63) is 154 Å². The van der Waals surface area contributed by atoms with Crippen molar-refractivity contribution in [2.24, 2.45) is 0 Å². The summed E-state index contributed by atoms with van der Waals surface area (Å²) in [6.07, 6.45) is 1.09. The lowest BCUT2D eigenvalue weighted by atomic mass is 9.77. The molecular formula is C36H27BrFN3O2. The van der Waals surface area contributed by atoms with E-state index < -0.39 is 17.0 Å². The lowest BCUT2D eigenvalue weighted by Crippen LogP contribution is -2.38. The standard InChI is InChI=1S/C36H27BrFN3O2/c37-32-29(39-35(21-22-35)34(42)43)19-20-30-31(32)33(24-11-10-18-28(38)23-24)40-41(30)36(25-12-4-1-5-13-25,26-14-6-2-7-15-26)27-16-8-3-9-17-27/h1-20,23,39H,21-22H2,(H,42,43). The van der Waals surface area contributed by atoms with Crippen LogP contribution < -0.4 is 5.32 Å². The van der Waals surface area contributed by atoms with Crippen LogP contribution in [0.15, 0.2) is 132 Å². The number of nitrogens with one attached hydrogen (secondary N) is 1. The maximum atomic E-state index is 14.7. The van der Waals surface area contributed by atoms with Crippen molar-refractivity contribution in [2.45, 2.75) is 23.9 Å². The van der Waals surface area contributed by atoms with Crippen LogP contribution in [-0.4, -0.2) is 26.4 Å². The number of rotatable bonds is 8. The Balaban J connectivity index is 1.60. The third-order valence-electron chi connectivity index (χ3n) is 8.31. The number of carbonyl (C=O) groups is 1. The fourth-order valence-corrected chi connectivity index (χ4v) is 6.66. The number of carboxylic acid groups (broad SMARTS) is 1. The van der Waals surface area contributed by atoms with Crippen LogP contribution in [0.3, 0.4) is 0 Å². The Morgan fingerprint density at radius 1 is 0.814 bits per heavy atom. The van der Waals surface area contributed by atoms with Gasteiger partial charge in [-0.2, -0.15) is 5.10 Å². The Morgan fingerprint density at radius 3 is 1.86 bits per heavy atom. The SMILES string of the molecule is O=C(O)C1(Nc2ccc3c(c(-c4cccc(F)c4)nn3C(c3ccccc3)(c3ccccc3)c3ccccc3)c2Br)CC1. The van der Waals surface area contributed by atoms with Gasteiger partial charge < -0.3 is 10.4 Å². The maximum absolute atomic E-state index is 14.7. The van der Waals surface area contributed by atoms with E-state index in [0.29, 0.717) is 34.3 Å². The van der Waals surface area contributed by atoms with Crippen molar-refractivity contribution in [3.63, 3.8) is 0 Å². The lowest BCUT2D eigenvalue weighted by molar-refractivity contribution is -0.138. The average Bonchev–Trinajstić information content (AvgIpc) is 3.73. The smallest absolute Gasteiger partial charge is 0.329 e. The van der Waals surface area contributed by atoms with Crippen LogP contribution in [0.2, 0.25) is 0 Å². The van der Waals surface area contributed by atoms with Crippen molar-refractivity contribution in [3.8, 4) is 11.3 Å². The molecule has 0 unspecified atom stereocenters. The quantitative estimate of drug-likeness (QED) is 0.165. The fraction of sp³-hybridized carbons (Fsp3) is 0.111. The summed E-state index contributed by atoms with van der Waals surface area (Å²) in [6, 6.07) is 41.0. The Morgan fingerprint density at radius 2 is 1.37 bits per heavy atom. The topological polar surface area (TPSA) is 67.2 Å². The highest BCUT2D eigenvalue weighted by molar-refractivity contribution is 9.10. The van der Waals surface area contributed by atoms with Gasteiger partial charge in [-0.1, -0.05) is 103 Å². The van der Waals surface area contributed by atoms with Crippen molar-refractivity contribution in [1.82, 2.24) is 9.78 Å². The summed E-state index contributed by atoms with van der Waals surface area (Å²) in [6.45, 7) is 0. The predicted molar refractivity (Wildman–Crippen MR) is 171 cm³/mol. The number of hydrogen-bond donors (Lipinski definition) is 2. The van der Waals surface area contributed by atoms with Crippen molar-refractivity contribution < 1.29 is 14.3 Å². The molecule has 0 saturated heterocycles. The molecule has 1 aromatic heterocycles. The molecule has 0 aliphatic heterocycles. The summed E-state index contributed by atoms with van der Waals surface area (Å²) in [5, 5.41) is 19.2. The second-order valence-electron chi connectivity index (χ2n) is 10.9. The van der Waals surface area contributed by atoms with Crippen LogP contribution >= 0.6 is 15.9 Å². The van der Waals surface area contributed by atoms with Gasteiger partial charge in [-0.3, -0.25) is 0 Å². The third-order valence-corrected chi connectivity index (χ3v) is 9.13. The van der Waals surface area contributed by atoms with Crippen LogP contribution in [0.5, 0.6) is 0 Å². The minimum atomic E-state index is -0.993. The Bertz CT molecular complexity index is 1860. The Kier molecular flexibility index (Phi) is 6.62. The third kappa shape index (κ3) is 4.43. The minimum absolute atomic E-state index is 0.367. The molecular weight excluding hydrogens is 605 g/mol. The van der Waals surface area contributed by atoms with E-state index >= 15 is 0 Å². The van der Waals surface area contributed by atoms with Gasteiger partial charge in [0.1, 0.15) is 22.6 Å². The highest BCUT2D eigenvalue weighted by Gasteiger charge is 2.51. The van der Waals surface area contributed by atoms with Crippen molar-refractivity contribution in [2.75, 3.05) is 5.32 Å². The fourth-order valence-electron chi connectivity index (χ4n) is 6.04. The first-order chi connectivity index (χ1) is 20.9. The van der Waals surface area contributed by atoms with E-state index in [4.69, 9.17) is 5.10 Å². The van der Waals surface area contributed by atoms with E-state index in [2.05, 4.69) is 57.6 Å². The number of hydrogen-bond acceptors (Lipinski definition) is 3. The average molecular weight is 633 g/mol. The molecule has 0 bridgehead atoms. The normalized spacial score (nSPS) is 14.0. The molecule has 0 spiro atoms. The molecule has 0 atom stereocenters. The summed E-state index contributed by atoms with van der Waals surface area (Å²) in [5.74, 6) is -1.24. The van der Waals surface area contributed by atoms with Crippen molar-refractivity contribution >= 4 is 38.5 Å². The van der Waals surface area contributed by atoms with Gasteiger partial charge in [-0.05, 0) is 69.7 Å². The zero-order chi connectivity index (χ0) is 29.6. The predicted octanol–water partition coefficient (Wildman–Crippen LogP) is 8.47. The van der Waals surface area contributed by atoms with E-state index in [-0.39, 0.29) is 5.82 Å². The molecule has 7 heteroatoms. The van der Waals surface area contributed by atoms with E-state index in [1.54, 1.807) is 6.07 Å². The molecule has 5 nitrogen and oxygen atoms in total. The molecule has 0 radical (unpaired) electrons. The molecule has 0 amide bonds. The van der Waals surface area contributed by atoms with Crippen LogP contribution in [-0.2, 0) is 10.3 Å². The number of nitrogens with zero attached hydrogens (tertiary/aromatic N) is 2. The molecule has 5 aromatic carbocycles. The van der Waals surface area contributed by atoms with Crippen molar-refractivity contribution in [1.29, 1.82) is 0 Å². The zero-order valence-corrected chi connectivity index (χ0v) is 24.6. The second kappa shape index (κ2) is 10.5. The highest BCUT2D eigenvalue weighted by Crippen LogP contribution is 2.48. The van der Waals surface area contributed by atoms with Gasteiger partial charge in [-0.25, -0.2) is 13.9 Å². The van der Waals surface area contributed by atoms with E-state index in [1.807, 2.05) is 77.5 Å². The van der Waals surface area contributed by atoms with E-state index in [9.17, 15) is 14.3 Å². The van der Waals surface area contributed by atoms with Gasteiger partial charge in [0.25, 0.3) is 0 Å². The van der Waals surface area contributed by atoms with Gasteiger partial charge >= 0.3 is 5.97 Å². The molecule has 212 valence electrons. The van der Waals surface area contributed by atoms with Crippen LogP contribution in [0, 0.1) is 5.82 Å². The first kappa shape index (κ1) is 27.1. The van der Waals surface area contributed by atoms with E-state index in [1.165, 1.54) is 12.1 Å². The number of aromatic nitrogens is 2.